The van der Waals surface area contributed by atoms with E-state index in [1.807, 2.05) is 0 Å². The molecular formula is C51H35N. The van der Waals surface area contributed by atoms with Gasteiger partial charge in [0.2, 0.25) is 0 Å². The topological polar surface area (TPSA) is 4.93 Å². The van der Waals surface area contributed by atoms with Crippen LogP contribution in [0.2, 0.25) is 0 Å². The quantitative estimate of drug-likeness (QED) is 0.123. The second kappa shape index (κ2) is 12.6. The van der Waals surface area contributed by atoms with Crippen LogP contribution < -0.4 is 0 Å². The summed E-state index contributed by atoms with van der Waals surface area (Å²) in [5.74, 6) is 0. The minimum atomic E-state index is 0.819. The monoisotopic (exact) mass is 661 g/mol. The molecule has 0 N–H and O–H groups in total. The van der Waals surface area contributed by atoms with Crippen molar-refractivity contribution in [2.24, 2.45) is 0 Å². The van der Waals surface area contributed by atoms with E-state index in [0.29, 0.717) is 0 Å². The maximum Gasteiger partial charge on any atom is 0.0547 e. The highest BCUT2D eigenvalue weighted by Gasteiger charge is 2.17. The highest BCUT2D eigenvalue weighted by Crippen LogP contribution is 2.43. The largest absolute Gasteiger partial charge is 0.309 e. The standard InChI is InChI=1S/C51H35N/c1-3-18-37(19-4-1)50-46-27-12-11-25-42(46)43(47-33-30-36-17-8-10-24-41(36)51(47)50)28-15-20-35-16-7-9-23-40(35)38-31-32-45-44-26-13-14-29-48(44)52(49(45)34-38)39-21-5-2-6-22-39/h1-19,21-34H,20H2/b28-15+. The second-order valence-corrected chi connectivity index (χ2v) is 13.6. The van der Waals surface area contributed by atoms with Crippen molar-refractivity contribution in [1.82, 2.24) is 4.57 Å². The molecule has 0 bridgehead atoms. The minimum absolute atomic E-state index is 0.819. The molecule has 0 amide bonds. The molecule has 0 aliphatic rings. The Bertz CT molecular complexity index is 2970. The third-order valence-electron chi connectivity index (χ3n) is 10.7. The van der Waals surface area contributed by atoms with Gasteiger partial charge in [-0.1, -0.05) is 176 Å². The Hall–Kier alpha value is -6.70. The molecule has 0 fully saturated rings. The Morgan fingerprint density at radius 1 is 0.423 bits per heavy atom. The van der Waals surface area contributed by atoms with E-state index in [1.165, 1.54) is 93.2 Å². The van der Waals surface area contributed by atoms with Gasteiger partial charge in [0, 0.05) is 16.5 Å². The fourth-order valence-electron chi connectivity index (χ4n) is 8.34. The predicted molar refractivity (Wildman–Crippen MR) is 223 cm³/mol. The Morgan fingerprint density at radius 2 is 1.06 bits per heavy atom. The van der Waals surface area contributed by atoms with Crippen LogP contribution in [0.5, 0.6) is 0 Å². The highest BCUT2D eigenvalue weighted by atomic mass is 15.0. The van der Waals surface area contributed by atoms with Crippen LogP contribution in [0, 0.1) is 0 Å². The summed E-state index contributed by atoms with van der Waals surface area (Å²) in [5, 5.41) is 10.2. The summed E-state index contributed by atoms with van der Waals surface area (Å²) in [6, 6.07) is 68.4. The van der Waals surface area contributed by atoms with Crippen molar-refractivity contribution >= 4 is 60.2 Å². The van der Waals surface area contributed by atoms with E-state index in [1.54, 1.807) is 0 Å². The lowest BCUT2D eigenvalue weighted by atomic mass is 9.86. The lowest BCUT2D eigenvalue weighted by Gasteiger charge is -2.17. The summed E-state index contributed by atoms with van der Waals surface area (Å²) in [7, 11) is 0. The van der Waals surface area contributed by atoms with Crippen molar-refractivity contribution < 1.29 is 0 Å². The Balaban J connectivity index is 1.11. The van der Waals surface area contributed by atoms with Gasteiger partial charge in [0.05, 0.1) is 11.0 Å². The van der Waals surface area contributed by atoms with Crippen molar-refractivity contribution in [2.75, 3.05) is 0 Å². The van der Waals surface area contributed by atoms with E-state index in [9.17, 15) is 0 Å². The summed E-state index contributed by atoms with van der Waals surface area (Å²) in [6.45, 7) is 0. The molecule has 10 aromatic rings. The Labute approximate surface area is 303 Å². The van der Waals surface area contributed by atoms with Crippen molar-refractivity contribution in [3.63, 3.8) is 0 Å². The number of hydrogen-bond acceptors (Lipinski definition) is 0. The first kappa shape index (κ1) is 30.2. The van der Waals surface area contributed by atoms with E-state index >= 15 is 0 Å². The number of hydrogen-bond donors (Lipinski definition) is 0. The number of allylic oxidation sites excluding steroid dienone is 1. The zero-order valence-corrected chi connectivity index (χ0v) is 28.7. The molecule has 0 atom stereocenters. The van der Waals surface area contributed by atoms with Gasteiger partial charge in [0.15, 0.2) is 0 Å². The molecule has 1 heteroatoms. The van der Waals surface area contributed by atoms with Crippen molar-refractivity contribution in [3.05, 3.63) is 205 Å². The summed E-state index contributed by atoms with van der Waals surface area (Å²) >= 11 is 0. The van der Waals surface area contributed by atoms with Gasteiger partial charge in [-0.2, -0.15) is 0 Å². The van der Waals surface area contributed by atoms with E-state index in [2.05, 4.69) is 205 Å². The van der Waals surface area contributed by atoms with Crippen molar-refractivity contribution in [2.45, 2.75) is 6.42 Å². The molecule has 52 heavy (non-hydrogen) atoms. The maximum absolute atomic E-state index is 2.40. The first-order valence-corrected chi connectivity index (χ1v) is 18.1. The number of rotatable bonds is 6. The summed E-state index contributed by atoms with van der Waals surface area (Å²) in [5.41, 5.74) is 11.2. The lowest BCUT2D eigenvalue weighted by molar-refractivity contribution is 1.18. The number of aromatic nitrogens is 1. The lowest BCUT2D eigenvalue weighted by Crippen LogP contribution is -1.94. The Kier molecular flexibility index (Phi) is 7.29. The van der Waals surface area contributed by atoms with Crippen molar-refractivity contribution in [3.8, 4) is 27.9 Å². The third-order valence-corrected chi connectivity index (χ3v) is 10.7. The molecule has 0 spiro atoms. The SMILES string of the molecule is C(=C\c1c2ccccc2c(-c2ccccc2)c2c1ccc1ccccc12)/Cc1ccccc1-c1ccc2c3ccccc3n(-c3ccccc3)c2c1. The smallest absolute Gasteiger partial charge is 0.0547 e. The number of para-hydroxylation sites is 2. The van der Waals surface area contributed by atoms with E-state index in [0.717, 1.165) is 6.42 Å². The van der Waals surface area contributed by atoms with Crippen LogP contribution in [-0.4, -0.2) is 4.57 Å². The molecular weight excluding hydrogens is 627 g/mol. The van der Waals surface area contributed by atoms with Crippen LogP contribution >= 0.6 is 0 Å². The number of benzene rings is 9. The molecule has 0 aliphatic carbocycles. The average Bonchev–Trinajstić information content (AvgIpc) is 3.55. The molecule has 0 saturated heterocycles. The first-order chi connectivity index (χ1) is 25.8. The van der Waals surface area contributed by atoms with Gasteiger partial charge in [-0.25, -0.2) is 0 Å². The van der Waals surface area contributed by atoms with Gasteiger partial charge in [0.1, 0.15) is 0 Å². The average molecular weight is 662 g/mol. The fraction of sp³-hybridized carbons (Fsp3) is 0.0196. The molecule has 0 aliphatic heterocycles. The molecule has 9 aromatic carbocycles. The fourth-order valence-corrected chi connectivity index (χ4v) is 8.34. The number of nitrogens with zero attached hydrogens (tertiary/aromatic N) is 1. The molecule has 1 aromatic heterocycles. The number of fused-ring (bicyclic) bond motifs is 7. The van der Waals surface area contributed by atoms with Gasteiger partial charge in [-0.3, -0.25) is 0 Å². The molecule has 1 heterocycles. The van der Waals surface area contributed by atoms with Gasteiger partial charge >= 0.3 is 0 Å². The molecule has 0 unspecified atom stereocenters. The van der Waals surface area contributed by atoms with Crippen LogP contribution in [0.25, 0.3) is 88.1 Å². The zero-order valence-electron chi connectivity index (χ0n) is 28.7. The van der Waals surface area contributed by atoms with Gasteiger partial charge in [-0.15, -0.1) is 0 Å². The second-order valence-electron chi connectivity index (χ2n) is 13.6. The van der Waals surface area contributed by atoms with E-state index < -0.39 is 0 Å². The van der Waals surface area contributed by atoms with Gasteiger partial charge in [-0.05, 0) is 96.4 Å². The molecule has 1 nitrogen and oxygen atoms in total. The van der Waals surface area contributed by atoms with Gasteiger partial charge in [0.25, 0.3) is 0 Å². The molecule has 10 rings (SSSR count). The normalized spacial score (nSPS) is 11.8. The zero-order chi connectivity index (χ0) is 34.4. The van der Waals surface area contributed by atoms with E-state index in [-0.39, 0.29) is 0 Å². The predicted octanol–water partition coefficient (Wildman–Crippen LogP) is 13.8. The summed E-state index contributed by atoms with van der Waals surface area (Å²) in [4.78, 5) is 0. The highest BCUT2D eigenvalue weighted by molar-refractivity contribution is 6.25. The van der Waals surface area contributed by atoms with Crippen LogP contribution in [0.3, 0.4) is 0 Å². The minimum Gasteiger partial charge on any atom is -0.309 e. The summed E-state index contributed by atoms with van der Waals surface area (Å²) < 4.78 is 2.40. The van der Waals surface area contributed by atoms with Gasteiger partial charge < -0.3 is 4.57 Å². The first-order valence-electron chi connectivity index (χ1n) is 18.1. The van der Waals surface area contributed by atoms with Crippen LogP contribution in [0.15, 0.2) is 194 Å². The third kappa shape index (κ3) is 4.93. The maximum atomic E-state index is 2.40. The molecule has 244 valence electrons. The van der Waals surface area contributed by atoms with Crippen molar-refractivity contribution in [1.29, 1.82) is 0 Å². The molecule has 0 saturated carbocycles. The molecule has 0 radical (unpaired) electrons. The summed E-state index contributed by atoms with van der Waals surface area (Å²) in [6.07, 6.45) is 5.54. The van der Waals surface area contributed by atoms with Crippen LogP contribution in [0.1, 0.15) is 11.1 Å². The van der Waals surface area contributed by atoms with Crippen LogP contribution in [0.4, 0.5) is 0 Å². The van der Waals surface area contributed by atoms with E-state index in [4.69, 9.17) is 0 Å². The van der Waals surface area contributed by atoms with Crippen LogP contribution in [-0.2, 0) is 6.42 Å². The Morgan fingerprint density at radius 3 is 1.90 bits per heavy atom.